The van der Waals surface area contributed by atoms with Gasteiger partial charge in [-0.25, -0.2) is 4.98 Å². The number of hydrogen-bond acceptors (Lipinski definition) is 2. The Bertz CT molecular complexity index is 3370. The lowest BCUT2D eigenvalue weighted by Gasteiger charge is -2.19. The number of imidazole rings is 1. The van der Waals surface area contributed by atoms with Crippen LogP contribution in [0.25, 0.3) is 93.8 Å². The molecule has 48 heavy (non-hydrogen) atoms. The van der Waals surface area contributed by atoms with E-state index in [2.05, 4.69) is 0 Å². The third kappa shape index (κ3) is 3.98. The summed E-state index contributed by atoms with van der Waals surface area (Å²) in [4.78, 5) is 5.13. The molecule has 10 aromatic rings. The second-order valence-corrected chi connectivity index (χ2v) is 11.6. The van der Waals surface area contributed by atoms with Crippen molar-refractivity contribution in [3.05, 3.63) is 170 Å². The van der Waals surface area contributed by atoms with Crippen LogP contribution in [0.5, 0.6) is 0 Å². The number of hydrogen-bond donors (Lipinski definition) is 0. The van der Waals surface area contributed by atoms with Crippen molar-refractivity contribution in [1.29, 1.82) is 0 Å². The molecule has 3 heteroatoms. The monoisotopic (exact) mass is 622 g/mol. The largest absolute Gasteiger partial charge is 0.456 e. The number of rotatable bonds is 4. The van der Waals surface area contributed by atoms with Gasteiger partial charge in [-0.1, -0.05) is 127 Å². The van der Waals surface area contributed by atoms with E-state index < -0.39 is 36.3 Å². The molecular formula is C45H28N2O. The van der Waals surface area contributed by atoms with Crippen LogP contribution < -0.4 is 0 Å². The van der Waals surface area contributed by atoms with Gasteiger partial charge in [0.1, 0.15) is 17.0 Å². The zero-order chi connectivity index (χ0) is 40.3. The van der Waals surface area contributed by atoms with E-state index in [1.54, 1.807) is 22.8 Å². The molecule has 0 radical (unpaired) electrons. The van der Waals surface area contributed by atoms with Gasteiger partial charge in [0.25, 0.3) is 0 Å². The van der Waals surface area contributed by atoms with Gasteiger partial charge in [0.2, 0.25) is 0 Å². The van der Waals surface area contributed by atoms with Crippen molar-refractivity contribution in [1.82, 2.24) is 9.55 Å². The van der Waals surface area contributed by atoms with Crippen molar-refractivity contribution in [2.24, 2.45) is 0 Å². The number of para-hydroxylation sites is 4. The minimum Gasteiger partial charge on any atom is -0.456 e. The Morgan fingerprint density at radius 1 is 0.521 bits per heavy atom. The molecule has 224 valence electrons. The van der Waals surface area contributed by atoms with Crippen LogP contribution in [0.4, 0.5) is 0 Å². The lowest BCUT2D eigenvalue weighted by Crippen LogP contribution is -2.00. The molecule has 0 aliphatic rings. The molecule has 2 aromatic heterocycles. The predicted octanol–water partition coefficient (Wildman–Crippen LogP) is 12.2. The van der Waals surface area contributed by atoms with Gasteiger partial charge in [0, 0.05) is 22.0 Å². The van der Waals surface area contributed by atoms with Crippen molar-refractivity contribution in [3.63, 3.8) is 0 Å². The van der Waals surface area contributed by atoms with E-state index >= 15 is 0 Å². The van der Waals surface area contributed by atoms with Gasteiger partial charge in [-0.2, -0.15) is 0 Å². The van der Waals surface area contributed by atoms with E-state index in [1.807, 2.05) is 91.0 Å². The Balaban J connectivity index is 1.42. The molecular weight excluding hydrogens is 585 g/mol. The summed E-state index contributed by atoms with van der Waals surface area (Å²) in [5.41, 5.74) is 5.09. The fraction of sp³-hybridized carbons (Fsp3) is 0. The fourth-order valence-corrected chi connectivity index (χ4v) is 7.02. The van der Waals surface area contributed by atoms with Crippen molar-refractivity contribution < 1.29 is 18.1 Å². The first-order chi connectivity index (χ1) is 28.0. The van der Waals surface area contributed by atoms with E-state index in [9.17, 15) is 0 Å². The van der Waals surface area contributed by atoms with E-state index in [1.165, 1.54) is 0 Å². The number of nitrogens with zero attached hydrogens (tertiary/aromatic N) is 2. The minimum atomic E-state index is -0.508. The summed E-state index contributed by atoms with van der Waals surface area (Å²) in [6, 6.07) is 29.8. The lowest BCUT2D eigenvalue weighted by molar-refractivity contribution is 0.669. The lowest BCUT2D eigenvalue weighted by atomic mass is 9.85. The highest BCUT2D eigenvalue weighted by atomic mass is 16.3. The third-order valence-corrected chi connectivity index (χ3v) is 8.98. The van der Waals surface area contributed by atoms with Crippen LogP contribution in [0.3, 0.4) is 0 Å². The van der Waals surface area contributed by atoms with E-state index in [-0.39, 0.29) is 35.4 Å². The van der Waals surface area contributed by atoms with Crippen LogP contribution in [0.15, 0.2) is 174 Å². The molecule has 0 bridgehead atoms. The predicted molar refractivity (Wildman–Crippen MR) is 200 cm³/mol. The maximum absolute atomic E-state index is 9.05. The Labute approximate surface area is 291 Å². The highest BCUT2D eigenvalue weighted by molar-refractivity contribution is 6.26. The van der Waals surface area contributed by atoms with Crippen molar-refractivity contribution in [2.75, 3.05) is 0 Å². The van der Waals surface area contributed by atoms with Crippen LogP contribution in [0, 0.1) is 0 Å². The van der Waals surface area contributed by atoms with Gasteiger partial charge in [0.05, 0.1) is 24.7 Å². The molecule has 0 amide bonds. The number of fused-ring (bicyclic) bond motifs is 6. The summed E-state index contributed by atoms with van der Waals surface area (Å²) in [7, 11) is 0. The van der Waals surface area contributed by atoms with E-state index in [0.717, 1.165) is 32.7 Å². The summed E-state index contributed by atoms with van der Waals surface area (Å²) in [5, 5.41) is 4.65. The Hall–Kier alpha value is -6.45. The van der Waals surface area contributed by atoms with Gasteiger partial charge in [-0.3, -0.25) is 4.57 Å². The molecule has 0 atom stereocenters. The van der Waals surface area contributed by atoms with Crippen LogP contribution in [-0.2, 0) is 0 Å². The molecule has 0 saturated heterocycles. The number of furan rings is 1. The quantitative estimate of drug-likeness (QED) is 0.183. The minimum absolute atomic E-state index is 0.0481. The second kappa shape index (κ2) is 10.5. The van der Waals surface area contributed by atoms with Crippen molar-refractivity contribution in [3.8, 4) is 39.3 Å². The maximum Gasteiger partial charge on any atom is 0.146 e. The zero-order valence-corrected chi connectivity index (χ0v) is 25.2. The van der Waals surface area contributed by atoms with Crippen molar-refractivity contribution >= 4 is 54.5 Å². The highest BCUT2D eigenvalue weighted by Gasteiger charge is 2.24. The fourth-order valence-electron chi connectivity index (χ4n) is 7.02. The summed E-state index contributed by atoms with van der Waals surface area (Å²) in [6.07, 6.45) is 0. The Morgan fingerprint density at radius 2 is 1.19 bits per heavy atom. The van der Waals surface area contributed by atoms with E-state index in [4.69, 9.17) is 23.1 Å². The summed E-state index contributed by atoms with van der Waals surface area (Å²) >= 11 is 0. The molecule has 0 aliphatic carbocycles. The van der Waals surface area contributed by atoms with Gasteiger partial charge in [-0.05, 0) is 86.2 Å². The molecule has 3 nitrogen and oxygen atoms in total. The number of benzene rings is 8. The molecule has 0 spiro atoms. The van der Waals surface area contributed by atoms with Crippen LogP contribution in [0.2, 0.25) is 0 Å². The standard InChI is InChI=1S/C45H28N2O/c1-3-14-29(15-4-1)30-26-27-34-37(28-30)42(36-21-13-25-41-43(36)35-20-9-12-24-40(35)48-41)32-18-7-8-19-33(32)44(34)45-46-38-22-10-11-23-39(38)47(45)31-16-5-2-6-17-31/h1-28H/i1D,2D,3D,4D,5D,6D,14D,15D,16D,17D. The molecule has 0 aliphatic heterocycles. The third-order valence-electron chi connectivity index (χ3n) is 8.98. The van der Waals surface area contributed by atoms with Crippen LogP contribution in [0.1, 0.15) is 13.7 Å². The Morgan fingerprint density at radius 3 is 2.02 bits per heavy atom. The van der Waals surface area contributed by atoms with Crippen LogP contribution in [-0.4, -0.2) is 9.55 Å². The second-order valence-electron chi connectivity index (χ2n) is 11.6. The first-order valence-electron chi connectivity index (χ1n) is 20.5. The summed E-state index contributed by atoms with van der Waals surface area (Å²) < 4.78 is 94.5. The molecule has 8 aromatic carbocycles. The zero-order valence-electron chi connectivity index (χ0n) is 35.2. The average molecular weight is 623 g/mol. The molecule has 0 N–H and O–H groups in total. The SMILES string of the molecule is [2H]c1c([2H])c([2H])c(-c2ccc3c(-c4nc5ccccc5n4-c4c([2H])c([2H])c([2H])c([2H])c4[2H])c4ccccc4c(-c4cccc5oc6ccccc6c45)c3c2)c([2H])c1[2H]. The molecule has 0 saturated carbocycles. The maximum atomic E-state index is 9.05. The van der Waals surface area contributed by atoms with Crippen LogP contribution >= 0.6 is 0 Å². The van der Waals surface area contributed by atoms with Gasteiger partial charge in [0.15, 0.2) is 0 Å². The first-order valence-corrected chi connectivity index (χ1v) is 15.5. The summed E-state index contributed by atoms with van der Waals surface area (Å²) in [6.45, 7) is 0. The van der Waals surface area contributed by atoms with Gasteiger partial charge in [-0.15, -0.1) is 0 Å². The summed E-state index contributed by atoms with van der Waals surface area (Å²) in [5.74, 6) is 0.329. The van der Waals surface area contributed by atoms with Gasteiger partial charge < -0.3 is 4.42 Å². The van der Waals surface area contributed by atoms with E-state index in [0.29, 0.717) is 49.9 Å². The molecule has 10 rings (SSSR count). The molecule has 0 fully saturated rings. The normalized spacial score (nSPS) is 14.7. The topological polar surface area (TPSA) is 31.0 Å². The van der Waals surface area contributed by atoms with Crippen molar-refractivity contribution in [2.45, 2.75) is 0 Å². The number of aromatic nitrogens is 2. The molecule has 0 unspecified atom stereocenters. The highest BCUT2D eigenvalue weighted by Crippen LogP contribution is 2.48. The Kier molecular flexibility index (Phi) is 4.09. The molecule has 2 heterocycles. The first kappa shape index (κ1) is 18.6. The average Bonchev–Trinajstić information content (AvgIpc) is 3.81. The van der Waals surface area contributed by atoms with Gasteiger partial charge >= 0.3 is 0 Å². The smallest absolute Gasteiger partial charge is 0.146 e.